The van der Waals surface area contributed by atoms with E-state index < -0.39 is 0 Å². The summed E-state index contributed by atoms with van der Waals surface area (Å²) >= 11 is 15.2. The third-order valence-electron chi connectivity index (χ3n) is 9.69. The Morgan fingerprint density at radius 3 is 0.914 bits per heavy atom. The van der Waals surface area contributed by atoms with E-state index in [-0.39, 0.29) is 17.8 Å². The zero-order valence-corrected chi connectivity index (χ0v) is 35.9. The van der Waals surface area contributed by atoms with Gasteiger partial charge in [-0.1, -0.05) is 96.1 Å². The molecule has 0 radical (unpaired) electrons. The SMILES string of the molecule is CC(C)C.CC(c1c[nH]c(=S)[nH]1)c1cccc2ncccc12.CC(c1c[nH]c(=S)[nH]1)c1cccc2ncccc12.CC(c1c[nH]c(=S)[nH]1)c1cccc2ncccc12. The predicted molar refractivity (Wildman–Crippen MR) is 246 cm³/mol. The normalized spacial score (nSPS) is 12.5. The molecule has 9 rings (SSSR count). The number of H-pyrrole nitrogens is 6. The number of nitrogens with one attached hydrogen (secondary N) is 6. The van der Waals surface area contributed by atoms with Crippen LogP contribution in [0, 0.1) is 20.2 Å². The van der Waals surface area contributed by atoms with Gasteiger partial charge in [0, 0.05) is 88.2 Å². The number of nitrogens with zero attached hydrogens (tertiary/aromatic N) is 3. The summed E-state index contributed by atoms with van der Waals surface area (Å²) in [5.74, 6) is 1.60. The molecule has 0 aliphatic heterocycles. The molecule has 0 aliphatic rings. The monoisotopic (exact) mass is 823 g/mol. The Morgan fingerprint density at radius 2 is 0.672 bits per heavy atom. The van der Waals surface area contributed by atoms with Crippen molar-refractivity contribution in [1.29, 1.82) is 0 Å². The van der Waals surface area contributed by atoms with Gasteiger partial charge >= 0.3 is 0 Å². The summed E-state index contributed by atoms with van der Waals surface area (Å²) in [6.45, 7) is 13.0. The Kier molecular flexibility index (Phi) is 14.1. The third kappa shape index (κ3) is 10.4. The van der Waals surface area contributed by atoms with E-state index in [0.29, 0.717) is 14.3 Å². The second kappa shape index (κ2) is 19.6. The highest BCUT2D eigenvalue weighted by atomic mass is 32.1. The highest BCUT2D eigenvalue weighted by Gasteiger charge is 2.15. The van der Waals surface area contributed by atoms with E-state index in [1.807, 2.05) is 91.8 Å². The molecule has 3 aromatic carbocycles. The molecule has 0 fully saturated rings. The van der Waals surface area contributed by atoms with Crippen molar-refractivity contribution in [2.24, 2.45) is 5.92 Å². The summed E-state index contributed by atoms with van der Waals surface area (Å²) in [5, 5.41) is 3.56. The van der Waals surface area contributed by atoms with Crippen molar-refractivity contribution in [2.45, 2.75) is 59.3 Å². The molecule has 12 heteroatoms. The van der Waals surface area contributed by atoms with Crippen molar-refractivity contribution in [1.82, 2.24) is 44.9 Å². The molecular weight excluding hydrogens is 775 g/mol. The van der Waals surface area contributed by atoms with Gasteiger partial charge in [0.05, 0.1) is 16.6 Å². The number of hydrogen-bond donors (Lipinski definition) is 6. The van der Waals surface area contributed by atoms with E-state index in [1.165, 1.54) is 32.8 Å². The summed E-state index contributed by atoms with van der Waals surface area (Å²) in [4.78, 5) is 31.7. The van der Waals surface area contributed by atoms with Crippen LogP contribution in [0.4, 0.5) is 0 Å². The van der Waals surface area contributed by atoms with Gasteiger partial charge in [-0.2, -0.15) is 0 Å². The first-order chi connectivity index (χ1) is 28.0. The van der Waals surface area contributed by atoms with Gasteiger partial charge in [0.25, 0.3) is 0 Å². The van der Waals surface area contributed by atoms with E-state index in [4.69, 9.17) is 36.7 Å². The molecule has 3 unspecified atom stereocenters. The Hall–Kier alpha value is -5.82. The van der Waals surface area contributed by atoms with Crippen LogP contribution in [0.3, 0.4) is 0 Å². The minimum Gasteiger partial charge on any atom is -0.337 e. The molecule has 9 aromatic rings. The number of imidazole rings is 3. The fourth-order valence-electron chi connectivity index (χ4n) is 6.76. The third-order valence-corrected chi connectivity index (χ3v) is 10.3. The van der Waals surface area contributed by atoms with Crippen molar-refractivity contribution in [2.75, 3.05) is 0 Å². The number of aromatic amines is 6. The van der Waals surface area contributed by atoms with Crippen LogP contribution in [0.5, 0.6) is 0 Å². The average molecular weight is 824 g/mol. The van der Waals surface area contributed by atoms with Gasteiger partial charge in [0.2, 0.25) is 0 Å². The van der Waals surface area contributed by atoms with Crippen LogP contribution < -0.4 is 0 Å². The van der Waals surface area contributed by atoms with E-state index in [0.717, 1.165) is 39.5 Å². The van der Waals surface area contributed by atoms with Crippen LogP contribution in [-0.2, 0) is 0 Å². The van der Waals surface area contributed by atoms with Crippen LogP contribution in [-0.4, -0.2) is 44.9 Å². The summed E-state index contributed by atoms with van der Waals surface area (Å²) in [6.07, 6.45) is 11.3. The highest BCUT2D eigenvalue weighted by molar-refractivity contribution is 7.71. The van der Waals surface area contributed by atoms with Crippen molar-refractivity contribution < 1.29 is 0 Å². The van der Waals surface area contributed by atoms with E-state index in [2.05, 4.69) is 123 Å². The highest BCUT2D eigenvalue weighted by Crippen LogP contribution is 2.30. The van der Waals surface area contributed by atoms with Crippen molar-refractivity contribution in [3.8, 4) is 0 Å². The second-order valence-corrected chi connectivity index (χ2v) is 16.0. The van der Waals surface area contributed by atoms with Crippen LogP contribution in [0.2, 0.25) is 0 Å². The number of hydrogen-bond acceptors (Lipinski definition) is 6. The van der Waals surface area contributed by atoms with Gasteiger partial charge in [0.15, 0.2) is 14.3 Å². The lowest BCUT2D eigenvalue weighted by Crippen LogP contribution is -1.97. The van der Waals surface area contributed by atoms with Crippen molar-refractivity contribution >= 4 is 69.4 Å². The second-order valence-electron chi connectivity index (χ2n) is 14.7. The molecule has 0 saturated heterocycles. The Morgan fingerprint density at radius 1 is 0.397 bits per heavy atom. The maximum atomic E-state index is 5.07. The van der Waals surface area contributed by atoms with Gasteiger partial charge in [-0.25, -0.2) is 0 Å². The topological polar surface area (TPSA) is 133 Å². The maximum Gasteiger partial charge on any atom is 0.174 e. The molecule has 0 bridgehead atoms. The molecule has 58 heavy (non-hydrogen) atoms. The minimum absolute atomic E-state index is 0.255. The average Bonchev–Trinajstić information content (AvgIpc) is 4.01. The number of benzene rings is 3. The molecule has 0 amide bonds. The molecule has 6 heterocycles. The smallest absolute Gasteiger partial charge is 0.174 e. The first-order valence-electron chi connectivity index (χ1n) is 19.3. The first-order valence-corrected chi connectivity index (χ1v) is 20.6. The van der Waals surface area contributed by atoms with E-state index in [9.17, 15) is 0 Å². The Labute approximate surface area is 353 Å². The molecule has 3 atom stereocenters. The van der Waals surface area contributed by atoms with Crippen molar-refractivity contribution in [3.05, 3.63) is 176 Å². The zero-order valence-electron chi connectivity index (χ0n) is 33.5. The zero-order chi connectivity index (χ0) is 41.2. The maximum absolute atomic E-state index is 5.07. The standard InChI is InChI=1S/3C14H13N3S.C4H10/c3*1-9(13-8-16-14(18)17-13)10-4-2-6-12-11(10)5-3-7-15-12;1-4(2)3/h3*2-9H,1H3,(H2,16,17,18);4H,1-3H3. The molecule has 6 N–H and O–H groups in total. The van der Waals surface area contributed by atoms with Gasteiger partial charge in [-0.3, -0.25) is 15.0 Å². The fraction of sp³-hybridized carbons (Fsp3) is 0.217. The summed E-state index contributed by atoms with van der Waals surface area (Å²) in [5.41, 5.74) is 10.1. The van der Waals surface area contributed by atoms with Gasteiger partial charge in [-0.15, -0.1) is 0 Å². The van der Waals surface area contributed by atoms with Gasteiger partial charge in [-0.05, 0) is 95.7 Å². The molecular formula is C46H49N9S3. The number of aromatic nitrogens is 9. The number of rotatable bonds is 6. The minimum atomic E-state index is 0.255. The van der Waals surface area contributed by atoms with Crippen LogP contribution in [0.25, 0.3) is 32.7 Å². The van der Waals surface area contributed by atoms with Gasteiger partial charge < -0.3 is 29.9 Å². The van der Waals surface area contributed by atoms with Crippen LogP contribution in [0.15, 0.2) is 128 Å². The molecule has 9 nitrogen and oxygen atoms in total. The lowest BCUT2D eigenvalue weighted by molar-refractivity contribution is 0.737. The first kappa shape index (κ1) is 41.8. The van der Waals surface area contributed by atoms with E-state index >= 15 is 0 Å². The largest absolute Gasteiger partial charge is 0.337 e. The number of fused-ring (bicyclic) bond motifs is 3. The molecule has 0 spiro atoms. The molecule has 0 saturated carbocycles. The Balaban J connectivity index is 0.000000140. The number of pyridine rings is 3. The summed E-state index contributed by atoms with van der Waals surface area (Å²) < 4.78 is 1.99. The van der Waals surface area contributed by atoms with Gasteiger partial charge in [0.1, 0.15) is 0 Å². The molecule has 296 valence electrons. The fourth-order valence-corrected chi connectivity index (χ4v) is 7.29. The van der Waals surface area contributed by atoms with E-state index in [1.54, 1.807) is 0 Å². The predicted octanol–water partition coefficient (Wildman–Crippen LogP) is 13.0. The quantitative estimate of drug-likeness (QED) is 0.0925. The summed E-state index contributed by atoms with van der Waals surface area (Å²) in [7, 11) is 0. The summed E-state index contributed by atoms with van der Waals surface area (Å²) in [6, 6.07) is 30.9. The Bertz CT molecular complexity index is 2570. The van der Waals surface area contributed by atoms with Crippen LogP contribution in [0.1, 0.15) is 93.1 Å². The molecule has 6 aromatic heterocycles. The van der Waals surface area contributed by atoms with Crippen LogP contribution >= 0.6 is 36.7 Å². The van der Waals surface area contributed by atoms with Crippen molar-refractivity contribution in [3.63, 3.8) is 0 Å². The lowest BCUT2D eigenvalue weighted by atomic mass is 9.94. The molecule has 0 aliphatic carbocycles. The lowest BCUT2D eigenvalue weighted by Gasteiger charge is -2.12.